The second-order valence-electron chi connectivity index (χ2n) is 8.34. The van der Waals surface area contributed by atoms with Gasteiger partial charge in [0, 0.05) is 24.2 Å². The molecule has 0 spiro atoms. The number of nitrogens with zero attached hydrogens (tertiary/aromatic N) is 1. The first kappa shape index (κ1) is 23.3. The summed E-state index contributed by atoms with van der Waals surface area (Å²) in [6.07, 6.45) is 1.52. The molecule has 1 fully saturated rings. The Morgan fingerprint density at radius 3 is 2.82 bits per heavy atom. The fraction of sp³-hybridized carbons (Fsp3) is 0.458. The standard InChI is InChI=1S/C24H29N3O5S/c1-3-25-22(28)12-16-7-8-19-21(32-16)14-31-20-9-6-15(11-18(20)24(30)27(19)2)26-23(29)13-17-5-4-10-33-17/h4-6,9-11,16,19,21H,3,7-8,12-14H2,1-2H3,(H,25,28)(H,26,29)/t16-,19-,21-/m0/s1. The number of amides is 3. The fourth-order valence-corrected chi connectivity index (χ4v) is 5.06. The van der Waals surface area contributed by atoms with Crippen molar-refractivity contribution in [2.75, 3.05) is 25.5 Å². The molecule has 4 rings (SSSR count). The van der Waals surface area contributed by atoms with Gasteiger partial charge in [-0.2, -0.15) is 0 Å². The molecular weight excluding hydrogens is 442 g/mol. The van der Waals surface area contributed by atoms with Crippen LogP contribution < -0.4 is 15.4 Å². The summed E-state index contributed by atoms with van der Waals surface area (Å²) in [5, 5.41) is 7.61. The third-order valence-corrected chi connectivity index (χ3v) is 6.87. The van der Waals surface area contributed by atoms with E-state index in [1.165, 1.54) is 11.3 Å². The SMILES string of the molecule is CCNC(=O)C[C@@H]1CC[C@H]2[C@H](COc3ccc(NC(=O)Cc4cccs4)cc3C(=O)N2C)O1. The van der Waals surface area contributed by atoms with Crippen LogP contribution in [-0.4, -0.2) is 61.1 Å². The lowest BCUT2D eigenvalue weighted by Gasteiger charge is -2.42. The molecule has 3 heterocycles. The summed E-state index contributed by atoms with van der Waals surface area (Å²) in [4.78, 5) is 40.3. The molecular formula is C24H29N3O5S. The monoisotopic (exact) mass is 471 g/mol. The fourth-order valence-electron chi connectivity index (χ4n) is 4.36. The summed E-state index contributed by atoms with van der Waals surface area (Å²) in [6, 6.07) is 8.79. The van der Waals surface area contributed by atoms with E-state index in [0.29, 0.717) is 36.4 Å². The summed E-state index contributed by atoms with van der Waals surface area (Å²) >= 11 is 1.53. The van der Waals surface area contributed by atoms with Crippen LogP contribution in [0.5, 0.6) is 5.75 Å². The summed E-state index contributed by atoms with van der Waals surface area (Å²) in [6.45, 7) is 2.76. The van der Waals surface area contributed by atoms with Gasteiger partial charge in [-0.3, -0.25) is 14.4 Å². The Morgan fingerprint density at radius 2 is 2.06 bits per heavy atom. The number of fused-ring (bicyclic) bond motifs is 2. The molecule has 176 valence electrons. The molecule has 8 nitrogen and oxygen atoms in total. The number of likely N-dealkylation sites (N-methyl/N-ethyl adjacent to an activating group) is 1. The molecule has 3 amide bonds. The maximum atomic E-state index is 13.3. The highest BCUT2D eigenvalue weighted by Crippen LogP contribution is 2.32. The maximum Gasteiger partial charge on any atom is 0.257 e. The van der Waals surface area contributed by atoms with Gasteiger partial charge in [-0.1, -0.05) is 6.07 Å². The second kappa shape index (κ2) is 10.4. The van der Waals surface area contributed by atoms with E-state index >= 15 is 0 Å². The lowest BCUT2D eigenvalue weighted by atomic mass is 9.94. The van der Waals surface area contributed by atoms with Crippen LogP contribution in [0.4, 0.5) is 5.69 Å². The number of carbonyl (C=O) groups is 3. The van der Waals surface area contributed by atoms with Gasteiger partial charge in [-0.25, -0.2) is 0 Å². The van der Waals surface area contributed by atoms with Crippen molar-refractivity contribution >= 4 is 34.7 Å². The third kappa shape index (κ3) is 5.54. The largest absolute Gasteiger partial charge is 0.490 e. The molecule has 1 aromatic carbocycles. The van der Waals surface area contributed by atoms with Crippen molar-refractivity contribution in [3.63, 3.8) is 0 Å². The predicted octanol–water partition coefficient (Wildman–Crippen LogP) is 2.84. The zero-order valence-electron chi connectivity index (χ0n) is 18.8. The van der Waals surface area contributed by atoms with Crippen LogP contribution in [0.15, 0.2) is 35.7 Å². The van der Waals surface area contributed by atoms with E-state index in [4.69, 9.17) is 9.47 Å². The lowest BCUT2D eigenvalue weighted by molar-refractivity contribution is -0.134. The predicted molar refractivity (Wildman–Crippen MR) is 126 cm³/mol. The zero-order valence-corrected chi connectivity index (χ0v) is 19.7. The Balaban J connectivity index is 1.45. The Morgan fingerprint density at radius 1 is 1.21 bits per heavy atom. The van der Waals surface area contributed by atoms with Crippen molar-refractivity contribution in [2.24, 2.45) is 0 Å². The number of benzene rings is 1. The first-order chi connectivity index (χ1) is 15.9. The minimum Gasteiger partial charge on any atom is -0.490 e. The molecule has 2 N–H and O–H groups in total. The van der Waals surface area contributed by atoms with Gasteiger partial charge in [-0.15, -0.1) is 11.3 Å². The van der Waals surface area contributed by atoms with Crippen molar-refractivity contribution < 1.29 is 23.9 Å². The highest BCUT2D eigenvalue weighted by Gasteiger charge is 2.39. The summed E-state index contributed by atoms with van der Waals surface area (Å²) in [7, 11) is 1.77. The molecule has 0 bridgehead atoms. The number of carbonyl (C=O) groups excluding carboxylic acids is 3. The summed E-state index contributed by atoms with van der Waals surface area (Å²) < 4.78 is 12.1. The highest BCUT2D eigenvalue weighted by atomic mass is 32.1. The van der Waals surface area contributed by atoms with Crippen LogP contribution in [-0.2, 0) is 20.7 Å². The molecule has 2 aromatic rings. The molecule has 2 aliphatic heterocycles. The third-order valence-electron chi connectivity index (χ3n) is 6.00. The smallest absolute Gasteiger partial charge is 0.257 e. The Kier molecular flexibility index (Phi) is 7.29. The summed E-state index contributed by atoms with van der Waals surface area (Å²) in [5.41, 5.74) is 0.967. The van der Waals surface area contributed by atoms with Gasteiger partial charge >= 0.3 is 0 Å². The van der Waals surface area contributed by atoms with Gasteiger partial charge in [0.1, 0.15) is 18.5 Å². The topological polar surface area (TPSA) is 97.0 Å². The molecule has 1 aromatic heterocycles. The van der Waals surface area contributed by atoms with Crippen molar-refractivity contribution in [2.45, 2.75) is 50.9 Å². The van der Waals surface area contributed by atoms with Crippen molar-refractivity contribution in [3.05, 3.63) is 46.2 Å². The molecule has 0 unspecified atom stereocenters. The number of hydrogen-bond acceptors (Lipinski definition) is 6. The molecule has 0 radical (unpaired) electrons. The van der Waals surface area contributed by atoms with Gasteiger partial charge < -0.3 is 25.0 Å². The second-order valence-corrected chi connectivity index (χ2v) is 9.37. The average Bonchev–Trinajstić information content (AvgIpc) is 3.29. The molecule has 2 aliphatic rings. The van der Waals surface area contributed by atoms with Gasteiger partial charge in [0.25, 0.3) is 5.91 Å². The van der Waals surface area contributed by atoms with Crippen molar-refractivity contribution in [1.82, 2.24) is 10.2 Å². The normalized spacial score (nSPS) is 22.3. The molecule has 3 atom stereocenters. The number of ether oxygens (including phenoxy) is 2. The number of rotatable bonds is 6. The van der Waals surface area contributed by atoms with Crippen LogP contribution in [0.3, 0.4) is 0 Å². The maximum absolute atomic E-state index is 13.3. The molecule has 0 aliphatic carbocycles. The van der Waals surface area contributed by atoms with Gasteiger partial charge in [0.05, 0.1) is 30.6 Å². The number of anilines is 1. The minimum absolute atomic E-state index is 0.0313. The van der Waals surface area contributed by atoms with E-state index in [-0.39, 0.29) is 49.0 Å². The highest BCUT2D eigenvalue weighted by molar-refractivity contribution is 7.10. The molecule has 0 saturated carbocycles. The van der Waals surface area contributed by atoms with E-state index in [1.54, 1.807) is 30.1 Å². The lowest BCUT2D eigenvalue weighted by Crippen LogP contribution is -2.54. The molecule has 1 saturated heterocycles. The minimum atomic E-state index is -0.314. The van der Waals surface area contributed by atoms with Crippen LogP contribution in [0.25, 0.3) is 0 Å². The van der Waals surface area contributed by atoms with Gasteiger partial charge in [0.15, 0.2) is 0 Å². The summed E-state index contributed by atoms with van der Waals surface area (Å²) in [5.74, 6) is 0.107. The quantitative estimate of drug-likeness (QED) is 0.675. The van der Waals surface area contributed by atoms with Crippen molar-refractivity contribution in [3.8, 4) is 5.75 Å². The van der Waals surface area contributed by atoms with Crippen LogP contribution in [0.1, 0.15) is 41.4 Å². The Hall–Kier alpha value is -2.91. The Labute approximate surface area is 197 Å². The van der Waals surface area contributed by atoms with Crippen LogP contribution in [0, 0.1) is 0 Å². The average molecular weight is 472 g/mol. The van der Waals surface area contributed by atoms with E-state index in [1.807, 2.05) is 24.4 Å². The van der Waals surface area contributed by atoms with Gasteiger partial charge in [-0.05, 0) is 49.4 Å². The number of nitrogens with one attached hydrogen (secondary N) is 2. The molecule has 33 heavy (non-hydrogen) atoms. The molecule has 9 heteroatoms. The van der Waals surface area contributed by atoms with Crippen LogP contribution in [0.2, 0.25) is 0 Å². The number of hydrogen-bond donors (Lipinski definition) is 2. The number of thiophene rings is 1. The first-order valence-corrected chi connectivity index (χ1v) is 12.1. The van der Waals surface area contributed by atoms with E-state index in [2.05, 4.69) is 10.6 Å². The van der Waals surface area contributed by atoms with Gasteiger partial charge in [0.2, 0.25) is 11.8 Å². The van der Waals surface area contributed by atoms with Crippen molar-refractivity contribution in [1.29, 1.82) is 0 Å². The Bertz CT molecular complexity index is 1010. The zero-order chi connectivity index (χ0) is 23.4. The van der Waals surface area contributed by atoms with Crippen LogP contribution >= 0.6 is 11.3 Å². The van der Waals surface area contributed by atoms with E-state index in [0.717, 1.165) is 11.3 Å². The van der Waals surface area contributed by atoms with E-state index in [9.17, 15) is 14.4 Å². The van der Waals surface area contributed by atoms with E-state index < -0.39 is 0 Å². The first-order valence-electron chi connectivity index (χ1n) is 11.2.